The zero-order valence-corrected chi connectivity index (χ0v) is 18.9. The van der Waals surface area contributed by atoms with Gasteiger partial charge in [0.05, 0.1) is 31.2 Å². The monoisotopic (exact) mass is 438 g/mol. The van der Waals surface area contributed by atoms with Gasteiger partial charge < -0.3 is 10.1 Å². The fourth-order valence-electron chi connectivity index (χ4n) is 3.22. The van der Waals surface area contributed by atoms with Crippen molar-refractivity contribution in [3.8, 4) is 5.75 Å². The van der Waals surface area contributed by atoms with Crippen molar-refractivity contribution >= 4 is 27.3 Å². The molecule has 0 saturated heterocycles. The molecule has 31 heavy (non-hydrogen) atoms. The SMILES string of the molecule is COc1ccccc1C(=O)Nc1cccc(CN(c2ccc(C)c(C)c2)S(C)(=O)=O)c1. The first kappa shape index (κ1) is 22.4. The topological polar surface area (TPSA) is 75.7 Å². The third-order valence-electron chi connectivity index (χ3n) is 5.04. The van der Waals surface area contributed by atoms with Gasteiger partial charge in [0, 0.05) is 5.69 Å². The fourth-order valence-corrected chi connectivity index (χ4v) is 4.10. The van der Waals surface area contributed by atoms with Crippen molar-refractivity contribution in [3.63, 3.8) is 0 Å². The van der Waals surface area contributed by atoms with E-state index in [0.717, 1.165) is 16.7 Å². The van der Waals surface area contributed by atoms with Crippen LogP contribution in [0, 0.1) is 13.8 Å². The van der Waals surface area contributed by atoms with Crippen LogP contribution in [0.25, 0.3) is 0 Å². The number of methoxy groups -OCH3 is 1. The summed E-state index contributed by atoms with van der Waals surface area (Å²) in [7, 11) is -1.99. The van der Waals surface area contributed by atoms with E-state index in [1.807, 2.05) is 32.0 Å². The van der Waals surface area contributed by atoms with Crippen LogP contribution in [0.3, 0.4) is 0 Å². The van der Waals surface area contributed by atoms with E-state index in [2.05, 4.69) is 5.32 Å². The van der Waals surface area contributed by atoms with Gasteiger partial charge in [-0.05, 0) is 66.9 Å². The van der Waals surface area contributed by atoms with E-state index < -0.39 is 10.0 Å². The molecular formula is C24H26N2O4S. The Kier molecular flexibility index (Phi) is 6.65. The number of carbonyl (C=O) groups is 1. The molecule has 0 saturated carbocycles. The second-order valence-electron chi connectivity index (χ2n) is 7.39. The Morgan fingerprint density at radius 2 is 1.71 bits per heavy atom. The molecule has 0 heterocycles. The van der Waals surface area contributed by atoms with E-state index in [4.69, 9.17) is 4.74 Å². The van der Waals surface area contributed by atoms with Gasteiger partial charge >= 0.3 is 0 Å². The van der Waals surface area contributed by atoms with Gasteiger partial charge in [-0.2, -0.15) is 0 Å². The zero-order valence-electron chi connectivity index (χ0n) is 18.0. The Bertz CT molecular complexity index is 1210. The number of nitrogens with zero attached hydrogens (tertiary/aromatic N) is 1. The standard InChI is InChI=1S/C24H26N2O4S/c1-17-12-13-21(14-18(17)2)26(31(4,28)29)16-19-8-7-9-20(15-19)25-24(27)22-10-5-6-11-23(22)30-3/h5-15H,16H2,1-4H3,(H,25,27). The molecule has 1 amide bonds. The summed E-state index contributed by atoms with van der Waals surface area (Å²) in [5.74, 6) is 0.179. The van der Waals surface area contributed by atoms with Crippen LogP contribution in [0.5, 0.6) is 5.75 Å². The highest BCUT2D eigenvalue weighted by atomic mass is 32.2. The van der Waals surface area contributed by atoms with Gasteiger partial charge in [0.15, 0.2) is 0 Å². The summed E-state index contributed by atoms with van der Waals surface area (Å²) in [6.45, 7) is 4.09. The summed E-state index contributed by atoms with van der Waals surface area (Å²) >= 11 is 0. The lowest BCUT2D eigenvalue weighted by molar-refractivity contribution is 0.102. The van der Waals surface area contributed by atoms with Gasteiger partial charge in [-0.25, -0.2) is 8.42 Å². The number of hydrogen-bond acceptors (Lipinski definition) is 4. The number of amides is 1. The van der Waals surface area contributed by atoms with E-state index in [1.54, 1.807) is 48.5 Å². The van der Waals surface area contributed by atoms with Crippen molar-refractivity contribution in [3.05, 3.63) is 89.0 Å². The molecule has 0 bridgehead atoms. The Labute approximate surface area is 183 Å². The van der Waals surface area contributed by atoms with E-state index in [1.165, 1.54) is 17.7 Å². The Balaban J connectivity index is 1.85. The molecule has 3 aromatic carbocycles. The summed E-state index contributed by atoms with van der Waals surface area (Å²) in [6.07, 6.45) is 1.19. The number of sulfonamides is 1. The molecule has 1 N–H and O–H groups in total. The Hall–Kier alpha value is -3.32. The highest BCUT2D eigenvalue weighted by Crippen LogP contribution is 2.25. The molecule has 0 spiro atoms. The highest BCUT2D eigenvalue weighted by Gasteiger charge is 2.19. The molecule has 0 unspecified atom stereocenters. The third-order valence-corrected chi connectivity index (χ3v) is 6.18. The minimum Gasteiger partial charge on any atom is -0.496 e. The van der Waals surface area contributed by atoms with Crippen LogP contribution >= 0.6 is 0 Å². The lowest BCUT2D eigenvalue weighted by Gasteiger charge is -2.23. The zero-order chi connectivity index (χ0) is 22.6. The minimum atomic E-state index is -3.50. The largest absolute Gasteiger partial charge is 0.496 e. The van der Waals surface area contributed by atoms with Crippen LogP contribution in [-0.2, 0) is 16.6 Å². The van der Waals surface area contributed by atoms with Gasteiger partial charge in [-0.15, -0.1) is 0 Å². The maximum absolute atomic E-state index is 12.7. The van der Waals surface area contributed by atoms with Crippen LogP contribution in [0.15, 0.2) is 66.7 Å². The molecule has 0 fully saturated rings. The predicted molar refractivity (Wildman–Crippen MR) is 124 cm³/mol. The summed E-state index contributed by atoms with van der Waals surface area (Å²) in [5.41, 5.74) is 4.46. The Morgan fingerprint density at radius 3 is 2.39 bits per heavy atom. The maximum Gasteiger partial charge on any atom is 0.259 e. The van der Waals surface area contributed by atoms with Crippen LogP contribution in [-0.4, -0.2) is 27.7 Å². The van der Waals surface area contributed by atoms with Crippen LogP contribution < -0.4 is 14.4 Å². The second-order valence-corrected chi connectivity index (χ2v) is 9.30. The van der Waals surface area contributed by atoms with Crippen molar-refractivity contribution in [1.82, 2.24) is 0 Å². The first-order valence-electron chi connectivity index (χ1n) is 9.77. The molecule has 0 aliphatic carbocycles. The number of nitrogens with one attached hydrogen (secondary N) is 1. The molecule has 7 heteroatoms. The molecule has 3 aromatic rings. The molecule has 0 radical (unpaired) electrons. The van der Waals surface area contributed by atoms with Crippen LogP contribution in [0.1, 0.15) is 27.0 Å². The molecule has 6 nitrogen and oxygen atoms in total. The molecule has 3 rings (SSSR count). The first-order chi connectivity index (χ1) is 14.7. The number of carbonyl (C=O) groups excluding carboxylic acids is 1. The fraction of sp³-hybridized carbons (Fsp3) is 0.208. The number of aryl methyl sites for hydroxylation is 2. The molecule has 162 valence electrons. The van der Waals surface area contributed by atoms with Gasteiger partial charge in [0.1, 0.15) is 5.75 Å². The van der Waals surface area contributed by atoms with Gasteiger partial charge in [-0.1, -0.05) is 30.3 Å². The minimum absolute atomic E-state index is 0.152. The number of hydrogen-bond donors (Lipinski definition) is 1. The van der Waals surface area contributed by atoms with Gasteiger partial charge in [0.2, 0.25) is 10.0 Å². The van der Waals surface area contributed by atoms with E-state index in [0.29, 0.717) is 22.7 Å². The van der Waals surface area contributed by atoms with E-state index >= 15 is 0 Å². The quantitative estimate of drug-likeness (QED) is 0.588. The summed E-state index contributed by atoms with van der Waals surface area (Å²) in [5, 5.41) is 2.85. The van der Waals surface area contributed by atoms with E-state index in [9.17, 15) is 13.2 Å². The molecular weight excluding hydrogens is 412 g/mol. The first-order valence-corrected chi connectivity index (χ1v) is 11.6. The normalized spacial score (nSPS) is 11.1. The summed E-state index contributed by atoms with van der Waals surface area (Å²) < 4.78 is 31.6. The smallest absolute Gasteiger partial charge is 0.259 e. The van der Waals surface area contributed by atoms with Crippen molar-refractivity contribution in [1.29, 1.82) is 0 Å². The second kappa shape index (κ2) is 9.22. The molecule has 0 aliphatic rings. The molecule has 0 aliphatic heterocycles. The van der Waals surface area contributed by atoms with E-state index in [-0.39, 0.29) is 12.5 Å². The summed E-state index contributed by atoms with van der Waals surface area (Å²) in [4.78, 5) is 12.7. The van der Waals surface area contributed by atoms with Crippen molar-refractivity contribution in [2.24, 2.45) is 0 Å². The van der Waals surface area contributed by atoms with Crippen LogP contribution in [0.4, 0.5) is 11.4 Å². The highest BCUT2D eigenvalue weighted by molar-refractivity contribution is 7.92. The average Bonchev–Trinajstić information content (AvgIpc) is 2.73. The van der Waals surface area contributed by atoms with Crippen LogP contribution in [0.2, 0.25) is 0 Å². The van der Waals surface area contributed by atoms with Gasteiger partial charge in [-0.3, -0.25) is 9.10 Å². The third kappa shape index (κ3) is 5.44. The van der Waals surface area contributed by atoms with Gasteiger partial charge in [0.25, 0.3) is 5.91 Å². The van der Waals surface area contributed by atoms with Crippen molar-refractivity contribution in [2.75, 3.05) is 23.0 Å². The number of ether oxygens (including phenoxy) is 1. The molecule has 0 aromatic heterocycles. The maximum atomic E-state index is 12.7. The number of para-hydroxylation sites is 1. The predicted octanol–water partition coefficient (Wildman–Crippen LogP) is 4.53. The average molecular weight is 439 g/mol. The Morgan fingerprint density at radius 1 is 0.968 bits per heavy atom. The van der Waals surface area contributed by atoms with Crippen molar-refractivity contribution < 1.29 is 17.9 Å². The molecule has 0 atom stereocenters. The number of benzene rings is 3. The van der Waals surface area contributed by atoms with Crippen molar-refractivity contribution in [2.45, 2.75) is 20.4 Å². The number of anilines is 2. The number of rotatable bonds is 7. The lowest BCUT2D eigenvalue weighted by atomic mass is 10.1. The lowest BCUT2D eigenvalue weighted by Crippen LogP contribution is -2.29. The summed E-state index contributed by atoms with van der Waals surface area (Å²) in [6, 6.07) is 19.7.